The second kappa shape index (κ2) is 6.70. The van der Waals surface area contributed by atoms with Crippen LogP contribution in [0.4, 0.5) is 5.82 Å². The first-order valence-corrected chi connectivity index (χ1v) is 7.21. The minimum absolute atomic E-state index is 0.105. The Bertz CT molecular complexity index is 439. The number of aliphatic hydroxyl groups excluding tert-OH is 1. The number of carbonyl (C=O) groups is 1. The van der Waals surface area contributed by atoms with Gasteiger partial charge in [0.15, 0.2) is 0 Å². The molecule has 0 bridgehead atoms. The van der Waals surface area contributed by atoms with Gasteiger partial charge in [0.25, 0.3) is 0 Å². The first-order chi connectivity index (χ1) is 9.69. The van der Waals surface area contributed by atoms with Crippen molar-refractivity contribution < 1.29 is 14.6 Å². The molecule has 1 aromatic heterocycles. The third-order valence-corrected chi connectivity index (χ3v) is 3.78. The summed E-state index contributed by atoms with van der Waals surface area (Å²) in [6.07, 6.45) is 6.87. The SMILES string of the molecule is CCOC(=O)c1ccc(NC2(CO)CCCCC2)nc1. The maximum Gasteiger partial charge on any atom is 0.339 e. The first-order valence-electron chi connectivity index (χ1n) is 7.21. The number of aromatic nitrogens is 1. The van der Waals surface area contributed by atoms with Crippen LogP contribution >= 0.6 is 0 Å². The van der Waals surface area contributed by atoms with Crippen molar-refractivity contribution in [3.05, 3.63) is 23.9 Å². The highest BCUT2D eigenvalue weighted by atomic mass is 16.5. The topological polar surface area (TPSA) is 71.5 Å². The van der Waals surface area contributed by atoms with Crippen molar-refractivity contribution in [1.29, 1.82) is 0 Å². The standard InChI is InChI=1S/C15H22N2O3/c1-2-20-14(19)12-6-7-13(16-10-12)17-15(11-18)8-4-3-5-9-15/h6-7,10,18H,2-5,8-9,11H2,1H3,(H,16,17). The van der Waals surface area contributed by atoms with E-state index < -0.39 is 0 Å². The zero-order chi connectivity index (χ0) is 14.4. The molecule has 0 unspecified atom stereocenters. The van der Waals surface area contributed by atoms with Crippen LogP contribution < -0.4 is 5.32 Å². The summed E-state index contributed by atoms with van der Waals surface area (Å²) in [5.41, 5.74) is 0.176. The number of carbonyl (C=O) groups excluding carboxylic acids is 1. The Balaban J connectivity index is 2.04. The van der Waals surface area contributed by atoms with E-state index >= 15 is 0 Å². The lowest BCUT2D eigenvalue weighted by molar-refractivity contribution is 0.0526. The van der Waals surface area contributed by atoms with E-state index in [1.165, 1.54) is 12.6 Å². The Labute approximate surface area is 119 Å². The van der Waals surface area contributed by atoms with E-state index in [1.54, 1.807) is 19.1 Å². The Kier molecular flexibility index (Phi) is 4.95. The normalized spacial score (nSPS) is 17.5. The molecule has 0 saturated heterocycles. The van der Waals surface area contributed by atoms with E-state index in [9.17, 15) is 9.90 Å². The third kappa shape index (κ3) is 3.48. The fourth-order valence-corrected chi connectivity index (χ4v) is 2.63. The van der Waals surface area contributed by atoms with E-state index in [2.05, 4.69) is 10.3 Å². The fourth-order valence-electron chi connectivity index (χ4n) is 2.63. The van der Waals surface area contributed by atoms with Crippen LogP contribution in [0.1, 0.15) is 49.4 Å². The maximum atomic E-state index is 11.5. The number of esters is 1. The van der Waals surface area contributed by atoms with Gasteiger partial charge in [-0.2, -0.15) is 0 Å². The maximum absolute atomic E-state index is 11.5. The highest BCUT2D eigenvalue weighted by molar-refractivity contribution is 5.89. The van der Waals surface area contributed by atoms with E-state index in [4.69, 9.17) is 4.74 Å². The summed E-state index contributed by atoms with van der Waals surface area (Å²) in [5.74, 6) is 0.329. The van der Waals surface area contributed by atoms with Gasteiger partial charge in [-0.05, 0) is 31.9 Å². The van der Waals surface area contributed by atoms with Gasteiger partial charge in [-0.1, -0.05) is 19.3 Å². The molecule has 1 aliphatic rings. The number of rotatable bonds is 5. The average Bonchev–Trinajstić information content (AvgIpc) is 2.49. The quantitative estimate of drug-likeness (QED) is 0.809. The van der Waals surface area contributed by atoms with Gasteiger partial charge in [-0.3, -0.25) is 0 Å². The van der Waals surface area contributed by atoms with Gasteiger partial charge in [-0.25, -0.2) is 9.78 Å². The summed E-state index contributed by atoms with van der Waals surface area (Å²) in [4.78, 5) is 15.8. The minimum Gasteiger partial charge on any atom is -0.462 e. The van der Waals surface area contributed by atoms with Crippen molar-refractivity contribution in [3.63, 3.8) is 0 Å². The highest BCUT2D eigenvalue weighted by Crippen LogP contribution is 2.30. The molecule has 2 rings (SSSR count). The number of hydrogen-bond donors (Lipinski definition) is 2. The molecular weight excluding hydrogens is 256 g/mol. The lowest BCUT2D eigenvalue weighted by atomic mass is 9.82. The zero-order valence-corrected chi connectivity index (χ0v) is 11.9. The summed E-state index contributed by atoms with van der Waals surface area (Å²) < 4.78 is 4.92. The predicted molar refractivity (Wildman–Crippen MR) is 76.7 cm³/mol. The van der Waals surface area contributed by atoms with E-state index in [0.29, 0.717) is 18.0 Å². The molecule has 2 N–H and O–H groups in total. The number of nitrogens with zero attached hydrogens (tertiary/aromatic N) is 1. The zero-order valence-electron chi connectivity index (χ0n) is 11.9. The molecule has 1 aromatic rings. The Morgan fingerprint density at radius 1 is 1.40 bits per heavy atom. The molecule has 1 saturated carbocycles. The molecular formula is C15H22N2O3. The van der Waals surface area contributed by atoms with Crippen LogP contribution in [0.2, 0.25) is 0 Å². The van der Waals surface area contributed by atoms with Crippen molar-refractivity contribution in [3.8, 4) is 0 Å². The van der Waals surface area contributed by atoms with Gasteiger partial charge < -0.3 is 15.2 Å². The van der Waals surface area contributed by atoms with E-state index in [-0.39, 0.29) is 18.1 Å². The Hall–Kier alpha value is -1.62. The summed E-state index contributed by atoms with van der Waals surface area (Å²) in [6.45, 7) is 2.23. The largest absolute Gasteiger partial charge is 0.462 e. The number of pyridine rings is 1. The van der Waals surface area contributed by atoms with Crippen LogP contribution in [0.15, 0.2) is 18.3 Å². The number of aliphatic hydroxyl groups is 1. The number of ether oxygens (including phenoxy) is 1. The summed E-state index contributed by atoms with van der Waals surface area (Å²) in [5, 5.41) is 13.0. The molecule has 1 fully saturated rings. The molecule has 0 spiro atoms. The second-order valence-electron chi connectivity index (χ2n) is 5.28. The van der Waals surface area contributed by atoms with Crippen molar-refractivity contribution >= 4 is 11.8 Å². The summed E-state index contributed by atoms with van der Waals surface area (Å²) in [6, 6.07) is 3.46. The monoisotopic (exact) mass is 278 g/mol. The number of nitrogens with one attached hydrogen (secondary N) is 1. The van der Waals surface area contributed by atoms with E-state index in [1.807, 2.05) is 0 Å². The molecule has 1 aliphatic carbocycles. The fraction of sp³-hybridized carbons (Fsp3) is 0.600. The van der Waals surface area contributed by atoms with Gasteiger partial charge >= 0.3 is 5.97 Å². The molecule has 1 heterocycles. The molecule has 0 aromatic carbocycles. The van der Waals surface area contributed by atoms with Crippen LogP contribution in [0, 0.1) is 0 Å². The van der Waals surface area contributed by atoms with Crippen molar-refractivity contribution in [2.24, 2.45) is 0 Å². The van der Waals surface area contributed by atoms with Crippen molar-refractivity contribution in [2.75, 3.05) is 18.5 Å². The van der Waals surface area contributed by atoms with Crippen molar-refractivity contribution in [1.82, 2.24) is 4.98 Å². The molecule has 0 amide bonds. The predicted octanol–water partition coefficient (Wildman–Crippen LogP) is 2.37. The smallest absolute Gasteiger partial charge is 0.339 e. The van der Waals surface area contributed by atoms with Crippen LogP contribution in [0.5, 0.6) is 0 Å². The lowest BCUT2D eigenvalue weighted by Gasteiger charge is -2.36. The molecule has 0 radical (unpaired) electrons. The molecule has 0 atom stereocenters. The van der Waals surface area contributed by atoms with Crippen LogP contribution in [0.25, 0.3) is 0 Å². The van der Waals surface area contributed by atoms with Crippen LogP contribution in [-0.2, 0) is 4.74 Å². The molecule has 20 heavy (non-hydrogen) atoms. The first kappa shape index (κ1) is 14.8. The highest BCUT2D eigenvalue weighted by Gasteiger charge is 2.31. The van der Waals surface area contributed by atoms with Gasteiger partial charge in [0.05, 0.1) is 24.3 Å². The number of anilines is 1. The summed E-state index contributed by atoms with van der Waals surface area (Å²) in [7, 11) is 0. The van der Waals surface area contributed by atoms with Crippen LogP contribution in [-0.4, -0.2) is 34.8 Å². The van der Waals surface area contributed by atoms with Crippen molar-refractivity contribution in [2.45, 2.75) is 44.6 Å². The molecule has 5 heteroatoms. The van der Waals surface area contributed by atoms with Gasteiger partial charge in [0.2, 0.25) is 0 Å². The van der Waals surface area contributed by atoms with Crippen LogP contribution in [0.3, 0.4) is 0 Å². The molecule has 5 nitrogen and oxygen atoms in total. The Morgan fingerprint density at radius 2 is 2.15 bits per heavy atom. The Morgan fingerprint density at radius 3 is 2.70 bits per heavy atom. The van der Waals surface area contributed by atoms with E-state index in [0.717, 1.165) is 25.7 Å². The van der Waals surface area contributed by atoms with Gasteiger partial charge in [0, 0.05) is 6.20 Å². The van der Waals surface area contributed by atoms with Gasteiger partial charge in [-0.15, -0.1) is 0 Å². The third-order valence-electron chi connectivity index (χ3n) is 3.78. The lowest BCUT2D eigenvalue weighted by Crippen LogP contribution is -2.44. The van der Waals surface area contributed by atoms with Gasteiger partial charge in [0.1, 0.15) is 5.82 Å². The minimum atomic E-state index is -0.360. The summed E-state index contributed by atoms with van der Waals surface area (Å²) >= 11 is 0. The molecule has 110 valence electrons. The second-order valence-corrected chi connectivity index (χ2v) is 5.28. The number of hydrogen-bond acceptors (Lipinski definition) is 5. The molecule has 0 aliphatic heterocycles. The average molecular weight is 278 g/mol.